The van der Waals surface area contributed by atoms with Gasteiger partial charge in [0.25, 0.3) is 5.91 Å². The highest BCUT2D eigenvalue weighted by atomic mass is 79.9. The van der Waals surface area contributed by atoms with Crippen LogP contribution in [0.15, 0.2) is 87.0 Å². The Hall–Kier alpha value is -5.62. The van der Waals surface area contributed by atoms with Crippen molar-refractivity contribution >= 4 is 121 Å². The highest BCUT2D eigenvalue weighted by molar-refractivity contribution is 9.11. The van der Waals surface area contributed by atoms with Crippen molar-refractivity contribution in [2.45, 2.75) is 55.2 Å². The van der Waals surface area contributed by atoms with Crippen LogP contribution in [0.3, 0.4) is 0 Å². The number of nitrogens with two attached hydrogens (primary N) is 2. The number of nitrogens with one attached hydrogen (secondary N) is 4. The molecule has 0 radical (unpaired) electrons. The molecule has 14 rings (SSSR count). The minimum atomic E-state index is -3.51. The summed E-state index contributed by atoms with van der Waals surface area (Å²) in [6, 6.07) is 14.5. The first-order chi connectivity index (χ1) is 40.6. The number of hydrogen-bond acceptors (Lipinski definition) is 26. The third kappa shape index (κ3) is 14.7. The van der Waals surface area contributed by atoms with Gasteiger partial charge < -0.3 is 45.7 Å². The van der Waals surface area contributed by atoms with Crippen LogP contribution in [0, 0.1) is 61.2 Å². The third-order valence-electron chi connectivity index (χ3n) is 16.3. The van der Waals surface area contributed by atoms with E-state index in [-0.39, 0.29) is 66.0 Å². The monoisotopic (exact) mass is 1360 g/mol. The Morgan fingerprint density at radius 1 is 0.547 bits per heavy atom. The van der Waals surface area contributed by atoms with Gasteiger partial charge in [0.1, 0.15) is 19.5 Å². The van der Waals surface area contributed by atoms with Crippen LogP contribution in [-0.4, -0.2) is 164 Å². The zero-order valence-electron chi connectivity index (χ0n) is 46.6. The lowest BCUT2D eigenvalue weighted by Crippen LogP contribution is -2.34. The van der Waals surface area contributed by atoms with Gasteiger partial charge in [-0.1, -0.05) is 76.8 Å². The Labute approximate surface area is 522 Å². The molecule has 9 N–H and O–H groups in total. The lowest BCUT2D eigenvalue weighted by molar-refractivity contribution is 0.0597. The number of hydroxylamine groups is 1. The number of aryl methyl sites for hydroxylation is 2. The molecule has 0 bridgehead atoms. The van der Waals surface area contributed by atoms with E-state index < -0.39 is 26.0 Å². The van der Waals surface area contributed by atoms with Gasteiger partial charge in [-0.05, 0) is 114 Å². The smallest absolute Gasteiger partial charge is 0.349 e. The topological polar surface area (TPSA) is 346 Å². The van der Waals surface area contributed by atoms with Crippen molar-refractivity contribution in [1.29, 1.82) is 0 Å². The minimum Gasteiger partial charge on any atom is -0.465 e. The van der Waals surface area contributed by atoms with E-state index in [0.717, 1.165) is 59.4 Å². The first-order valence-electron chi connectivity index (χ1n) is 26.9. The second-order valence-electron chi connectivity index (χ2n) is 21.7. The molecule has 4 aromatic heterocycles. The number of esters is 3. The molecule has 6 aromatic rings. The number of carbonyl (C=O) groups excluding carboxylic acids is 4. The molecule has 4 aliphatic carbocycles. The van der Waals surface area contributed by atoms with Crippen molar-refractivity contribution in [2.75, 3.05) is 88.4 Å². The molecule has 4 saturated carbocycles. The molecular weight excluding hydrogens is 1290 g/mol. The molecule has 86 heavy (non-hydrogen) atoms. The maximum Gasteiger partial charge on any atom is 0.349 e. The van der Waals surface area contributed by atoms with Crippen LogP contribution >= 0.6 is 61.3 Å². The van der Waals surface area contributed by atoms with E-state index in [4.69, 9.17) is 21.4 Å². The van der Waals surface area contributed by atoms with Crippen molar-refractivity contribution in [3.05, 3.63) is 108 Å². The van der Waals surface area contributed by atoms with E-state index in [1.54, 1.807) is 60.2 Å². The highest BCUT2D eigenvalue weighted by Gasteiger charge is 2.59. The third-order valence-corrected chi connectivity index (χ3v) is 23.8. The summed E-state index contributed by atoms with van der Waals surface area (Å²) in [4.78, 5) is 70.3. The fourth-order valence-corrected chi connectivity index (χ4v) is 17.5. The summed E-state index contributed by atoms with van der Waals surface area (Å²) < 4.78 is 70.1. The summed E-state index contributed by atoms with van der Waals surface area (Å²) in [6.07, 6.45) is 6.00. The molecule has 8 fully saturated rings. The van der Waals surface area contributed by atoms with Crippen LogP contribution < -0.4 is 46.4 Å². The lowest BCUT2D eigenvalue weighted by Gasteiger charge is -2.19. The normalized spacial score (nSPS) is 26.3. The maximum atomic E-state index is 12.5. The average Bonchev–Trinajstić information content (AvgIpc) is 1.66. The summed E-state index contributed by atoms with van der Waals surface area (Å²) >= 11 is 8.27. The van der Waals surface area contributed by atoms with E-state index in [2.05, 4.69) is 69.9 Å². The van der Waals surface area contributed by atoms with E-state index >= 15 is 0 Å². The van der Waals surface area contributed by atoms with Gasteiger partial charge in [-0.15, -0.1) is 11.3 Å². The molecule has 8 atom stereocenters. The number of anilines is 3. The molecule has 8 heterocycles. The molecule has 8 unspecified atom stereocenters. The van der Waals surface area contributed by atoms with Crippen molar-refractivity contribution in [3.8, 4) is 0 Å². The van der Waals surface area contributed by atoms with Crippen LogP contribution in [0.1, 0.15) is 57.2 Å². The highest BCUT2D eigenvalue weighted by Crippen LogP contribution is 2.50. The molecule has 2 aromatic carbocycles. The summed E-state index contributed by atoms with van der Waals surface area (Å²) in [6.45, 7) is 11.0. The Balaban J connectivity index is 0.000000137. The molecule has 4 aliphatic heterocycles. The number of amides is 1. The number of sulfonamides is 2. The molecule has 32 heteroatoms. The number of carbonyl (C=O) groups is 4. The number of thiazole rings is 4. The Bertz CT molecular complexity index is 3430. The van der Waals surface area contributed by atoms with Gasteiger partial charge >= 0.3 is 17.9 Å². The SMILES string of the molecule is C.COC(=O)c1cnc(Br)s1.COC(=O)c1cnc(N2CC3C(C2)C3NS(=O)(=O)c2ccc(C)cc2)s1.COC(=O)c1cnc(N2CC3C(N)C3C2)s1.Cc1ccc(S(=O)(=O)NC2C3CN(c4ncc(C(=O)NO)s4)CC32)cc1.NC1C2CNCC12. The van der Waals surface area contributed by atoms with Crippen molar-refractivity contribution in [1.82, 2.24) is 40.2 Å². The van der Waals surface area contributed by atoms with E-state index in [9.17, 15) is 36.0 Å². The molecule has 8 aliphatic rings. The average molecular weight is 1360 g/mol. The standard InChI is InChI=1S/C17H19N3O4S2.C16H18N4O4S2.C10H13N3O2S.C5H4BrNO2S.C5H10N2.CH4/c1-10-3-5-11(6-4-10)26(22,23)19-15-12-8-20(9-13(12)15)17-18-7-14(25-17)16(21)24-2;1-9-2-4-10(5-3-9)26(23,24)19-14-11-7-20(8-12(11)14)16-17-6-13(25-16)15(21)18-22;1-15-9(14)7-2-12-10(16-7)13-3-5-6(4-13)8(5)11;1-9-4(8)3-2-7-5(6)10-3;6-5-3-1-7-2-4(3)5;/h3-7,12-13,15,19H,8-9H2,1-2H3;2-6,11-12,14,19,22H,7-8H2,1H3,(H,18,21);2,5-6,8H,3-4,11H2,1H3;2H,1H3;3-5,7H,1-2,6H2;1H4. The fourth-order valence-electron chi connectivity index (χ4n) is 11.1. The maximum absolute atomic E-state index is 12.5. The summed E-state index contributed by atoms with van der Waals surface area (Å²) in [5.41, 5.74) is 15.1. The van der Waals surface area contributed by atoms with Crippen LogP contribution in [0.2, 0.25) is 0 Å². The molecule has 1 amide bonds. The Morgan fingerprint density at radius 2 is 0.872 bits per heavy atom. The number of fused-ring (bicyclic) bond motifs is 4. The molecule has 464 valence electrons. The molecule has 0 spiro atoms. The number of rotatable bonds is 13. The van der Waals surface area contributed by atoms with Gasteiger partial charge in [-0.3, -0.25) is 10.0 Å². The predicted octanol–water partition coefficient (Wildman–Crippen LogP) is 4.45. The first kappa shape index (κ1) is 64.8. The number of piperidine rings is 4. The van der Waals surface area contributed by atoms with Crippen molar-refractivity contribution in [3.63, 3.8) is 0 Å². The second-order valence-corrected chi connectivity index (χ2v) is 30.4. The van der Waals surface area contributed by atoms with Gasteiger partial charge in [0.05, 0.1) is 55.9 Å². The molecular formula is C54H68BrN13O12S6. The number of aromatic nitrogens is 4. The number of nitrogens with zero attached hydrogens (tertiary/aromatic N) is 7. The summed E-state index contributed by atoms with van der Waals surface area (Å²) in [5.74, 6) is 2.37. The van der Waals surface area contributed by atoms with Gasteiger partial charge in [0.15, 0.2) is 19.3 Å². The fraction of sp³-hybridized carbons (Fsp3) is 0.481. The van der Waals surface area contributed by atoms with E-state index in [0.29, 0.717) is 70.5 Å². The number of halogens is 1. The Kier molecular flexibility index (Phi) is 20.4. The van der Waals surface area contributed by atoms with Crippen LogP contribution in [0.25, 0.3) is 0 Å². The zero-order chi connectivity index (χ0) is 60.6. The summed E-state index contributed by atoms with van der Waals surface area (Å²) in [7, 11) is -2.93. The zero-order valence-corrected chi connectivity index (χ0v) is 53.0. The quantitative estimate of drug-likeness (QED) is 0.0363. The molecule has 4 saturated heterocycles. The van der Waals surface area contributed by atoms with E-state index in [1.807, 2.05) is 18.7 Å². The van der Waals surface area contributed by atoms with Gasteiger partial charge in [0.2, 0.25) is 20.0 Å². The van der Waals surface area contributed by atoms with Crippen LogP contribution in [0.4, 0.5) is 15.4 Å². The number of benzene rings is 2. The minimum absolute atomic E-state index is 0. The number of ether oxygens (including phenoxy) is 3. The first-order valence-corrected chi connectivity index (χ1v) is 34.0. The second kappa shape index (κ2) is 27.0. The summed E-state index contributed by atoms with van der Waals surface area (Å²) in [5, 5.41) is 14.3. The van der Waals surface area contributed by atoms with E-state index in [1.165, 1.54) is 98.4 Å². The largest absolute Gasteiger partial charge is 0.465 e. The van der Waals surface area contributed by atoms with Crippen molar-refractivity contribution < 1.29 is 55.4 Å². The van der Waals surface area contributed by atoms with Crippen LogP contribution in [-0.2, 0) is 34.3 Å². The number of methoxy groups -OCH3 is 3. The van der Waals surface area contributed by atoms with Gasteiger partial charge in [0, 0.05) is 63.4 Å². The Morgan fingerprint density at radius 3 is 1.20 bits per heavy atom. The lowest BCUT2D eigenvalue weighted by atomic mass is 10.2. The van der Waals surface area contributed by atoms with Crippen LogP contribution in [0.5, 0.6) is 0 Å². The van der Waals surface area contributed by atoms with Crippen molar-refractivity contribution in [2.24, 2.45) is 58.8 Å². The predicted molar refractivity (Wildman–Crippen MR) is 330 cm³/mol. The van der Waals surface area contributed by atoms with Gasteiger partial charge in [-0.25, -0.2) is 66.1 Å². The molecule has 25 nitrogen and oxygen atoms in total. The van der Waals surface area contributed by atoms with Gasteiger partial charge in [-0.2, -0.15) is 0 Å². The number of hydrogen-bond donors (Lipinski definition) is 7.